The van der Waals surface area contributed by atoms with E-state index in [1.54, 1.807) is 0 Å². The highest BCUT2D eigenvalue weighted by atomic mass is 35.5. The van der Waals surface area contributed by atoms with Crippen LogP contribution in [0.25, 0.3) is 10.9 Å². The zero-order valence-electron chi connectivity index (χ0n) is 12.7. The molecule has 3 heterocycles. The molecule has 1 aromatic carbocycles. The van der Waals surface area contributed by atoms with E-state index in [1.807, 2.05) is 11.8 Å². The zero-order chi connectivity index (χ0) is 13.7. The largest absolute Gasteiger partial charge is 0.356 e. The van der Waals surface area contributed by atoms with Crippen molar-refractivity contribution in [3.05, 3.63) is 30.0 Å². The lowest BCUT2D eigenvalue weighted by atomic mass is 9.89. The molecule has 0 bridgehead atoms. The Kier molecular flexibility index (Phi) is 4.02. The number of nitrogens with zero attached hydrogens (tertiary/aromatic N) is 1. The van der Waals surface area contributed by atoms with Crippen LogP contribution in [0.1, 0.15) is 32.4 Å². The molecule has 0 saturated carbocycles. The van der Waals surface area contributed by atoms with Crippen molar-refractivity contribution >= 4 is 35.1 Å². The number of nitrogens with one attached hydrogen (secondary N) is 1. The summed E-state index contributed by atoms with van der Waals surface area (Å²) < 4.78 is 0. The van der Waals surface area contributed by atoms with Gasteiger partial charge in [0.25, 0.3) is 0 Å². The second kappa shape index (κ2) is 5.53. The first kappa shape index (κ1) is 15.3. The van der Waals surface area contributed by atoms with E-state index in [0.717, 1.165) is 5.92 Å². The normalized spacial score (nSPS) is 28.8. The highest BCUT2D eigenvalue weighted by molar-refractivity contribution is 7.99. The maximum Gasteiger partial charge on any atom is 0.0598 e. The molecule has 1 N–H and O–H groups in total. The average Bonchev–Trinajstić information content (AvgIpc) is 2.96. The Bertz CT molecular complexity index is 653. The fourth-order valence-corrected chi connectivity index (χ4v) is 5.31. The number of benzene rings is 1. The highest BCUT2D eigenvalue weighted by Gasteiger charge is 2.46. The molecule has 0 amide bonds. The summed E-state index contributed by atoms with van der Waals surface area (Å²) in [4.78, 5) is 7.97. The van der Waals surface area contributed by atoms with Gasteiger partial charge in [0, 0.05) is 34.6 Å². The van der Waals surface area contributed by atoms with Crippen LogP contribution in [0.15, 0.2) is 29.2 Å². The van der Waals surface area contributed by atoms with Crippen molar-refractivity contribution in [3.8, 4) is 0 Å². The van der Waals surface area contributed by atoms with E-state index in [4.69, 9.17) is 0 Å². The minimum absolute atomic E-state index is 0. The molecule has 1 saturated heterocycles. The van der Waals surface area contributed by atoms with E-state index in [9.17, 15) is 0 Å². The second-order valence-corrected chi connectivity index (χ2v) is 7.53. The number of H-pyrrole nitrogens is 1. The van der Waals surface area contributed by atoms with Gasteiger partial charge in [-0.3, -0.25) is 4.90 Å². The molecular weight excluding hydrogens is 300 g/mol. The van der Waals surface area contributed by atoms with Gasteiger partial charge in [0.2, 0.25) is 0 Å². The van der Waals surface area contributed by atoms with Crippen LogP contribution in [-0.4, -0.2) is 28.7 Å². The summed E-state index contributed by atoms with van der Waals surface area (Å²) in [5.41, 5.74) is 2.98. The standard InChI is InChI=1S/C17H22N2S.ClH/c1-3-12-10-17(2)16-15(20-9-8-19(17)11-12)13-6-4-5-7-14(13)18-16;/h4-7,12,18H,3,8-11H2,1-2H3;1H/t12?,17-;/m1./s1. The lowest BCUT2D eigenvalue weighted by Gasteiger charge is -2.33. The van der Waals surface area contributed by atoms with Crippen LogP contribution < -0.4 is 0 Å². The van der Waals surface area contributed by atoms with Crippen LogP contribution in [0.5, 0.6) is 0 Å². The van der Waals surface area contributed by atoms with Gasteiger partial charge in [-0.2, -0.15) is 0 Å². The van der Waals surface area contributed by atoms with Crippen molar-refractivity contribution in [2.24, 2.45) is 5.92 Å². The molecule has 4 rings (SSSR count). The average molecular weight is 323 g/mol. The van der Waals surface area contributed by atoms with E-state index in [1.165, 1.54) is 53.2 Å². The molecule has 0 spiro atoms. The molecule has 2 aliphatic rings. The van der Waals surface area contributed by atoms with Crippen LogP contribution in [0.3, 0.4) is 0 Å². The SMILES string of the molecule is CCC1CN2CCSc3c([nH]c4ccccc34)[C@@]2(C)C1.Cl. The van der Waals surface area contributed by atoms with Crippen LogP contribution in [0.4, 0.5) is 0 Å². The number of aromatic amines is 1. The van der Waals surface area contributed by atoms with Crippen LogP contribution in [-0.2, 0) is 5.54 Å². The van der Waals surface area contributed by atoms with Crippen LogP contribution in [0.2, 0.25) is 0 Å². The summed E-state index contributed by atoms with van der Waals surface area (Å²) in [6, 6.07) is 8.77. The van der Waals surface area contributed by atoms with E-state index >= 15 is 0 Å². The predicted molar refractivity (Wildman–Crippen MR) is 93.6 cm³/mol. The molecule has 2 aliphatic heterocycles. The van der Waals surface area contributed by atoms with Crippen molar-refractivity contribution in [3.63, 3.8) is 0 Å². The van der Waals surface area contributed by atoms with E-state index in [0.29, 0.717) is 0 Å². The first-order valence-corrected chi connectivity index (χ1v) is 8.70. The maximum absolute atomic E-state index is 3.75. The van der Waals surface area contributed by atoms with Crippen LogP contribution in [0, 0.1) is 5.92 Å². The smallest absolute Gasteiger partial charge is 0.0598 e. The van der Waals surface area contributed by atoms with E-state index < -0.39 is 0 Å². The Labute approximate surface area is 137 Å². The number of aromatic nitrogens is 1. The summed E-state index contributed by atoms with van der Waals surface area (Å²) in [5.74, 6) is 2.06. The number of hydrogen-bond donors (Lipinski definition) is 1. The summed E-state index contributed by atoms with van der Waals surface area (Å²) in [6.45, 7) is 7.26. The molecule has 0 aliphatic carbocycles. The molecule has 2 aromatic rings. The van der Waals surface area contributed by atoms with Gasteiger partial charge in [0.05, 0.1) is 11.2 Å². The lowest BCUT2D eigenvalue weighted by molar-refractivity contribution is 0.162. The molecule has 21 heavy (non-hydrogen) atoms. The van der Waals surface area contributed by atoms with Gasteiger partial charge in [-0.15, -0.1) is 24.2 Å². The van der Waals surface area contributed by atoms with E-state index in [2.05, 4.69) is 48.0 Å². The zero-order valence-corrected chi connectivity index (χ0v) is 14.3. The summed E-state index contributed by atoms with van der Waals surface area (Å²) >= 11 is 2.04. The number of thioether (sulfide) groups is 1. The van der Waals surface area contributed by atoms with E-state index in [-0.39, 0.29) is 17.9 Å². The molecule has 1 aromatic heterocycles. The van der Waals surface area contributed by atoms with Crippen molar-refractivity contribution < 1.29 is 0 Å². The third-order valence-electron chi connectivity index (χ3n) is 5.24. The topological polar surface area (TPSA) is 19.0 Å². The highest BCUT2D eigenvalue weighted by Crippen LogP contribution is 2.49. The van der Waals surface area contributed by atoms with Crippen molar-refractivity contribution in [1.29, 1.82) is 0 Å². The predicted octanol–water partition coefficient (Wildman–Crippen LogP) is 4.64. The monoisotopic (exact) mass is 322 g/mol. The summed E-state index contributed by atoms with van der Waals surface area (Å²) in [7, 11) is 0. The Balaban J connectivity index is 0.00000132. The second-order valence-electron chi connectivity index (χ2n) is 6.42. The van der Waals surface area contributed by atoms with Crippen LogP contribution >= 0.6 is 24.2 Å². The third kappa shape index (κ3) is 2.21. The Morgan fingerprint density at radius 3 is 3.00 bits per heavy atom. The van der Waals surface area contributed by atoms with Gasteiger partial charge >= 0.3 is 0 Å². The van der Waals surface area contributed by atoms with Crippen molar-refractivity contribution in [1.82, 2.24) is 9.88 Å². The number of fused-ring (bicyclic) bond motifs is 5. The summed E-state index contributed by atoms with van der Waals surface area (Å²) in [5, 5.41) is 1.41. The molecule has 1 fully saturated rings. The fourth-order valence-electron chi connectivity index (χ4n) is 4.04. The maximum atomic E-state index is 3.75. The minimum Gasteiger partial charge on any atom is -0.356 e. The number of rotatable bonds is 1. The molecule has 114 valence electrons. The Morgan fingerprint density at radius 1 is 1.38 bits per heavy atom. The molecular formula is C17H23ClN2S. The van der Waals surface area contributed by atoms with Gasteiger partial charge < -0.3 is 4.98 Å². The number of hydrogen-bond acceptors (Lipinski definition) is 2. The molecule has 1 unspecified atom stereocenters. The molecule has 2 atom stereocenters. The number of para-hydroxylation sites is 1. The quantitative estimate of drug-likeness (QED) is 0.824. The van der Waals surface area contributed by atoms with Crippen molar-refractivity contribution in [2.45, 2.75) is 37.1 Å². The fraction of sp³-hybridized carbons (Fsp3) is 0.529. The molecule has 2 nitrogen and oxygen atoms in total. The van der Waals surface area contributed by atoms with Crippen molar-refractivity contribution in [2.75, 3.05) is 18.8 Å². The first-order valence-electron chi connectivity index (χ1n) is 7.71. The van der Waals surface area contributed by atoms with Gasteiger partial charge in [-0.05, 0) is 25.3 Å². The minimum atomic E-state index is 0. The summed E-state index contributed by atoms with van der Waals surface area (Å²) in [6.07, 6.45) is 2.60. The van der Waals surface area contributed by atoms with Gasteiger partial charge in [0.1, 0.15) is 0 Å². The number of halogens is 1. The molecule has 0 radical (unpaired) electrons. The van der Waals surface area contributed by atoms with Gasteiger partial charge in [-0.1, -0.05) is 31.5 Å². The molecule has 4 heteroatoms. The Hall–Kier alpha value is -0.640. The van der Waals surface area contributed by atoms with Gasteiger partial charge in [0.15, 0.2) is 0 Å². The first-order chi connectivity index (χ1) is 9.72. The third-order valence-corrected chi connectivity index (χ3v) is 6.34. The van der Waals surface area contributed by atoms with Gasteiger partial charge in [-0.25, -0.2) is 0 Å². The Morgan fingerprint density at radius 2 is 2.19 bits per heavy atom. The lowest BCUT2D eigenvalue weighted by Crippen LogP contribution is -2.39.